The number of morpholine rings is 1. The molecule has 1 fully saturated rings. The molecule has 2 aliphatic rings. The molecule has 0 aliphatic carbocycles. The van der Waals surface area contributed by atoms with E-state index in [2.05, 4.69) is 4.98 Å². The highest BCUT2D eigenvalue weighted by molar-refractivity contribution is 6.35. The van der Waals surface area contributed by atoms with Crippen molar-refractivity contribution in [2.75, 3.05) is 36.9 Å². The van der Waals surface area contributed by atoms with Crippen LogP contribution in [-0.2, 0) is 22.5 Å². The molecular weight excluding hydrogens is 403 g/mol. The summed E-state index contributed by atoms with van der Waals surface area (Å²) < 4.78 is 5.72. The predicted octanol–water partition coefficient (Wildman–Crippen LogP) is 2.05. The molecule has 4 rings (SSSR count). The summed E-state index contributed by atoms with van der Waals surface area (Å²) in [6, 6.07) is 3.59. The van der Waals surface area contributed by atoms with E-state index >= 15 is 0 Å². The molecule has 1 amide bonds. The highest BCUT2D eigenvalue weighted by Crippen LogP contribution is 2.30. The SMILES string of the molecule is Nc1c[nH]cc(N2CCOC(C(=O)N3CCc4cc(Cl)cc(Cl)c4C3)C2)c1=O. The lowest BCUT2D eigenvalue weighted by atomic mass is 9.99. The number of nitrogen functional groups attached to an aromatic ring is 1. The number of aromatic nitrogens is 1. The smallest absolute Gasteiger partial charge is 0.253 e. The van der Waals surface area contributed by atoms with Crippen LogP contribution in [0.15, 0.2) is 29.3 Å². The maximum Gasteiger partial charge on any atom is 0.253 e. The van der Waals surface area contributed by atoms with Crippen molar-refractivity contribution >= 4 is 40.5 Å². The highest BCUT2D eigenvalue weighted by atomic mass is 35.5. The Hall–Kier alpha value is -2.22. The first kappa shape index (κ1) is 19.1. The zero-order valence-electron chi connectivity index (χ0n) is 15.1. The number of amides is 1. The normalized spacial score (nSPS) is 19.4. The maximum atomic E-state index is 13.1. The van der Waals surface area contributed by atoms with Crippen molar-refractivity contribution in [3.8, 4) is 0 Å². The Morgan fingerprint density at radius 1 is 1.25 bits per heavy atom. The number of halogens is 2. The van der Waals surface area contributed by atoms with Crippen LogP contribution in [0.3, 0.4) is 0 Å². The first-order valence-corrected chi connectivity index (χ1v) is 9.78. The Bertz CT molecular complexity index is 978. The molecule has 0 saturated carbocycles. The number of hydrogen-bond acceptors (Lipinski definition) is 5. The van der Waals surface area contributed by atoms with Gasteiger partial charge in [0.05, 0.1) is 18.8 Å². The van der Waals surface area contributed by atoms with E-state index in [0.29, 0.717) is 54.9 Å². The zero-order chi connectivity index (χ0) is 19.8. The molecule has 1 aromatic carbocycles. The third kappa shape index (κ3) is 3.57. The summed E-state index contributed by atoms with van der Waals surface area (Å²) in [5.41, 5.74) is 8.05. The number of ether oxygens (including phenoxy) is 1. The minimum Gasteiger partial charge on any atom is -0.394 e. The Balaban J connectivity index is 1.51. The second-order valence-corrected chi connectivity index (χ2v) is 7.81. The van der Waals surface area contributed by atoms with E-state index in [-0.39, 0.29) is 17.0 Å². The van der Waals surface area contributed by atoms with E-state index in [9.17, 15) is 9.59 Å². The monoisotopic (exact) mass is 422 g/mol. The molecule has 148 valence electrons. The van der Waals surface area contributed by atoms with Gasteiger partial charge in [0.25, 0.3) is 5.91 Å². The zero-order valence-corrected chi connectivity index (χ0v) is 16.6. The summed E-state index contributed by atoms with van der Waals surface area (Å²) >= 11 is 12.4. The van der Waals surface area contributed by atoms with Crippen LogP contribution in [-0.4, -0.2) is 48.1 Å². The van der Waals surface area contributed by atoms with Crippen LogP contribution in [0.1, 0.15) is 11.1 Å². The first-order valence-electron chi connectivity index (χ1n) is 9.02. The Morgan fingerprint density at radius 3 is 2.89 bits per heavy atom. The van der Waals surface area contributed by atoms with Crippen LogP contribution in [0.4, 0.5) is 11.4 Å². The van der Waals surface area contributed by atoms with Gasteiger partial charge >= 0.3 is 0 Å². The molecule has 1 saturated heterocycles. The van der Waals surface area contributed by atoms with Crippen LogP contribution in [0.5, 0.6) is 0 Å². The fourth-order valence-corrected chi connectivity index (χ4v) is 4.31. The number of hydrogen-bond donors (Lipinski definition) is 2. The molecule has 1 unspecified atom stereocenters. The van der Waals surface area contributed by atoms with E-state index in [1.807, 2.05) is 11.0 Å². The first-order chi connectivity index (χ1) is 13.4. The van der Waals surface area contributed by atoms with Gasteiger partial charge in [-0.25, -0.2) is 0 Å². The van der Waals surface area contributed by atoms with Crippen molar-refractivity contribution in [2.45, 2.75) is 19.1 Å². The number of carbonyl (C=O) groups excluding carboxylic acids is 1. The lowest BCUT2D eigenvalue weighted by molar-refractivity contribution is -0.145. The lowest BCUT2D eigenvalue weighted by Gasteiger charge is -2.37. The van der Waals surface area contributed by atoms with Crippen molar-refractivity contribution in [3.05, 3.63) is 55.9 Å². The Labute approximate surface area is 172 Å². The van der Waals surface area contributed by atoms with E-state index in [1.54, 1.807) is 17.2 Å². The van der Waals surface area contributed by atoms with Crippen molar-refractivity contribution in [3.63, 3.8) is 0 Å². The second-order valence-electron chi connectivity index (χ2n) is 6.97. The van der Waals surface area contributed by atoms with E-state index in [0.717, 1.165) is 11.1 Å². The van der Waals surface area contributed by atoms with Gasteiger partial charge < -0.3 is 25.3 Å². The number of nitrogens with one attached hydrogen (secondary N) is 1. The third-order valence-electron chi connectivity index (χ3n) is 5.20. The largest absolute Gasteiger partial charge is 0.394 e. The number of nitrogens with two attached hydrogens (primary N) is 1. The molecule has 3 heterocycles. The van der Waals surface area contributed by atoms with E-state index in [1.165, 1.54) is 6.20 Å². The minimum atomic E-state index is -0.651. The molecule has 3 N–H and O–H groups in total. The summed E-state index contributed by atoms with van der Waals surface area (Å²) in [5, 5.41) is 1.17. The molecule has 7 nitrogen and oxygen atoms in total. The lowest BCUT2D eigenvalue weighted by Crippen LogP contribution is -2.52. The van der Waals surface area contributed by atoms with Crippen molar-refractivity contribution in [1.29, 1.82) is 0 Å². The molecule has 0 spiro atoms. The van der Waals surface area contributed by atoms with Crippen molar-refractivity contribution in [1.82, 2.24) is 9.88 Å². The maximum absolute atomic E-state index is 13.1. The molecule has 2 aliphatic heterocycles. The van der Waals surface area contributed by atoms with Gasteiger partial charge in [-0.05, 0) is 29.7 Å². The molecule has 9 heteroatoms. The van der Waals surface area contributed by atoms with Crippen LogP contribution < -0.4 is 16.1 Å². The van der Waals surface area contributed by atoms with Gasteiger partial charge in [-0.2, -0.15) is 0 Å². The minimum absolute atomic E-state index is 0.110. The average molecular weight is 423 g/mol. The summed E-state index contributed by atoms with van der Waals surface area (Å²) in [7, 11) is 0. The number of H-pyrrole nitrogens is 1. The van der Waals surface area contributed by atoms with Crippen LogP contribution >= 0.6 is 23.2 Å². The topological polar surface area (TPSA) is 91.7 Å². The molecule has 2 aromatic rings. The molecular formula is C19H20Cl2N4O3. The number of carbonyl (C=O) groups is 1. The number of rotatable bonds is 2. The second kappa shape index (κ2) is 7.66. The summed E-state index contributed by atoms with van der Waals surface area (Å²) in [6.07, 6.45) is 3.09. The van der Waals surface area contributed by atoms with Gasteiger partial charge in [-0.3, -0.25) is 9.59 Å². The predicted molar refractivity (Wildman–Crippen MR) is 109 cm³/mol. The van der Waals surface area contributed by atoms with Gasteiger partial charge in [0.15, 0.2) is 6.10 Å². The number of nitrogens with zero attached hydrogens (tertiary/aromatic N) is 2. The number of fused-ring (bicyclic) bond motifs is 1. The van der Waals surface area contributed by atoms with E-state index < -0.39 is 6.10 Å². The Kier molecular flexibility index (Phi) is 5.23. The molecule has 28 heavy (non-hydrogen) atoms. The van der Waals surface area contributed by atoms with Gasteiger partial charge in [0.2, 0.25) is 5.43 Å². The quantitative estimate of drug-likeness (QED) is 0.772. The molecule has 0 radical (unpaired) electrons. The van der Waals surface area contributed by atoms with Crippen molar-refractivity contribution in [2.24, 2.45) is 0 Å². The summed E-state index contributed by atoms with van der Waals surface area (Å²) in [4.78, 5) is 31.8. The van der Waals surface area contributed by atoms with Crippen LogP contribution in [0, 0.1) is 0 Å². The summed E-state index contributed by atoms with van der Waals surface area (Å²) in [6.45, 7) is 2.15. The van der Waals surface area contributed by atoms with Crippen LogP contribution in [0.25, 0.3) is 0 Å². The van der Waals surface area contributed by atoms with E-state index in [4.69, 9.17) is 33.7 Å². The van der Waals surface area contributed by atoms with Gasteiger partial charge in [-0.15, -0.1) is 0 Å². The third-order valence-corrected chi connectivity index (χ3v) is 5.76. The number of aromatic amines is 1. The van der Waals surface area contributed by atoms with Gasteiger partial charge in [0, 0.05) is 42.1 Å². The summed E-state index contributed by atoms with van der Waals surface area (Å²) in [5.74, 6) is -0.110. The van der Waals surface area contributed by atoms with Crippen LogP contribution in [0.2, 0.25) is 10.0 Å². The fourth-order valence-electron chi connectivity index (χ4n) is 3.72. The Morgan fingerprint density at radius 2 is 2.07 bits per heavy atom. The molecule has 1 aromatic heterocycles. The van der Waals surface area contributed by atoms with Crippen molar-refractivity contribution < 1.29 is 9.53 Å². The van der Waals surface area contributed by atoms with Gasteiger partial charge in [0.1, 0.15) is 5.69 Å². The number of pyridine rings is 1. The highest BCUT2D eigenvalue weighted by Gasteiger charge is 2.33. The number of anilines is 2. The molecule has 0 bridgehead atoms. The average Bonchev–Trinajstić information content (AvgIpc) is 2.69. The number of benzene rings is 1. The standard InChI is InChI=1S/C19H20Cl2N4O3/c20-12-5-11-1-2-25(9-13(11)14(21)6-12)19(27)17-10-24(3-4-28-17)16-8-23-7-15(22)18(16)26/h5-8,17H,1-4,9-10,22H2,(H,23,26). The fraction of sp³-hybridized carbons (Fsp3) is 0.368. The van der Waals surface area contributed by atoms with Gasteiger partial charge in [-0.1, -0.05) is 23.2 Å². The molecule has 1 atom stereocenters.